The van der Waals surface area contributed by atoms with E-state index >= 15 is 0 Å². The second-order valence-corrected chi connectivity index (χ2v) is 12.6. The predicted octanol–water partition coefficient (Wildman–Crippen LogP) is 7.76. The lowest BCUT2D eigenvalue weighted by Gasteiger charge is -2.15. The van der Waals surface area contributed by atoms with E-state index in [1.165, 1.54) is 89.9 Å². The van der Waals surface area contributed by atoms with E-state index in [0.29, 0.717) is 6.42 Å². The molecule has 244 valence electrons. The highest BCUT2D eigenvalue weighted by Crippen LogP contribution is 2.42. The molecule has 0 aromatic heterocycles. The molecule has 0 spiro atoms. The first-order valence-corrected chi connectivity index (χ1v) is 18.0. The van der Waals surface area contributed by atoms with Crippen LogP contribution in [0.4, 0.5) is 0 Å². The minimum absolute atomic E-state index is 0.0871. The Bertz CT molecular complexity index is 664. The van der Waals surface area contributed by atoms with Gasteiger partial charge in [-0.3, -0.25) is 18.6 Å². The third kappa shape index (κ3) is 30.3. The van der Waals surface area contributed by atoms with Crippen molar-refractivity contribution in [1.29, 1.82) is 0 Å². The molecule has 0 radical (unpaired) electrons. The lowest BCUT2D eigenvalue weighted by atomic mass is 10.1. The fourth-order valence-electron chi connectivity index (χ4n) is 4.50. The van der Waals surface area contributed by atoms with Crippen LogP contribution in [0.3, 0.4) is 0 Å². The number of unbranched alkanes of at least 4 members (excludes halogenated alkanes) is 18. The van der Waals surface area contributed by atoms with Gasteiger partial charge in [0, 0.05) is 19.4 Å². The van der Waals surface area contributed by atoms with Crippen LogP contribution < -0.4 is 5.32 Å². The lowest BCUT2D eigenvalue weighted by molar-refractivity contribution is -0.147. The molecule has 0 fully saturated rings. The van der Waals surface area contributed by atoms with Gasteiger partial charge in [0.25, 0.3) is 0 Å². The number of aliphatic hydroxyl groups excluding tert-OH is 1. The molecule has 0 aromatic carbocycles. The van der Waals surface area contributed by atoms with Gasteiger partial charge in [-0.25, -0.2) is 4.57 Å². The van der Waals surface area contributed by atoms with Crippen LogP contribution in [0.2, 0.25) is 0 Å². The highest BCUT2D eigenvalue weighted by atomic mass is 31.2. The molecule has 0 bridgehead atoms. The zero-order chi connectivity index (χ0) is 30.4. The summed E-state index contributed by atoms with van der Waals surface area (Å²) < 4.78 is 26.6. The summed E-state index contributed by atoms with van der Waals surface area (Å²) in [5.41, 5.74) is 0. The molecule has 0 aliphatic carbocycles. The van der Waals surface area contributed by atoms with Gasteiger partial charge in [0.2, 0.25) is 5.91 Å². The Balaban J connectivity index is 3.64. The molecule has 2 atom stereocenters. The Morgan fingerprint density at radius 1 is 0.659 bits per heavy atom. The average Bonchev–Trinajstić information content (AvgIpc) is 2.95. The maximum atomic E-state index is 12.0. The van der Waals surface area contributed by atoms with Crippen molar-refractivity contribution in [3.63, 3.8) is 0 Å². The summed E-state index contributed by atoms with van der Waals surface area (Å²) in [5, 5.41) is 12.6. The molecule has 0 saturated heterocycles. The lowest BCUT2D eigenvalue weighted by Crippen LogP contribution is -2.27. The Kier molecular flexibility index (Phi) is 28.4. The van der Waals surface area contributed by atoms with Gasteiger partial charge >= 0.3 is 13.8 Å². The van der Waals surface area contributed by atoms with Crippen molar-refractivity contribution in [1.82, 2.24) is 5.32 Å². The van der Waals surface area contributed by atoms with Gasteiger partial charge in [0.15, 0.2) is 0 Å². The predicted molar refractivity (Wildman–Crippen MR) is 165 cm³/mol. The number of hydrogen-bond acceptors (Lipinski definition) is 7. The summed E-state index contributed by atoms with van der Waals surface area (Å²) >= 11 is 0. The Hall–Kier alpha value is -0.990. The molecule has 0 aromatic rings. The molecule has 10 heteroatoms. The van der Waals surface area contributed by atoms with Crippen LogP contribution in [0.1, 0.15) is 155 Å². The molecular weight excluding hydrogens is 545 g/mol. The first-order valence-electron chi connectivity index (χ1n) is 16.5. The van der Waals surface area contributed by atoms with Gasteiger partial charge in [-0.2, -0.15) is 0 Å². The standard InChI is InChI=1S/C31H62NO8P/c1-3-5-7-9-11-13-14-16-17-19-21-23-30(34)32-25-26-39-41(36,37)40-28-29(33)27-38-31(35)24-22-20-18-15-12-10-8-6-4-2/h29,33H,3-28H2,1-2H3,(H,32,34)(H,36,37). The summed E-state index contributed by atoms with van der Waals surface area (Å²) in [5.74, 6) is -0.516. The van der Waals surface area contributed by atoms with Gasteiger partial charge in [-0.1, -0.05) is 129 Å². The van der Waals surface area contributed by atoms with Gasteiger partial charge in [-0.15, -0.1) is 0 Å². The highest BCUT2D eigenvalue weighted by Gasteiger charge is 2.23. The highest BCUT2D eigenvalue weighted by molar-refractivity contribution is 7.47. The van der Waals surface area contributed by atoms with E-state index in [4.69, 9.17) is 13.8 Å². The van der Waals surface area contributed by atoms with Gasteiger partial charge in [-0.05, 0) is 12.8 Å². The molecule has 9 nitrogen and oxygen atoms in total. The Morgan fingerprint density at radius 3 is 1.59 bits per heavy atom. The summed E-state index contributed by atoms with van der Waals surface area (Å²) in [7, 11) is -4.39. The number of phosphoric ester groups is 1. The summed E-state index contributed by atoms with van der Waals surface area (Å²) in [6.07, 6.45) is 23.2. The molecule has 1 amide bonds. The molecule has 3 N–H and O–H groups in total. The van der Waals surface area contributed by atoms with Crippen LogP contribution in [0, 0.1) is 0 Å². The van der Waals surface area contributed by atoms with Crippen molar-refractivity contribution in [2.75, 3.05) is 26.4 Å². The van der Waals surface area contributed by atoms with E-state index in [0.717, 1.165) is 38.5 Å². The first kappa shape index (κ1) is 40.0. The average molecular weight is 608 g/mol. The van der Waals surface area contributed by atoms with Crippen molar-refractivity contribution in [3.05, 3.63) is 0 Å². The third-order valence-corrected chi connectivity index (χ3v) is 8.02. The zero-order valence-corrected chi connectivity index (χ0v) is 27.1. The maximum Gasteiger partial charge on any atom is 0.472 e. The van der Waals surface area contributed by atoms with E-state index in [1.54, 1.807) is 0 Å². The normalized spacial score (nSPS) is 13.6. The quantitative estimate of drug-likeness (QED) is 0.0414. The molecular formula is C31H62NO8P. The van der Waals surface area contributed by atoms with Crippen molar-refractivity contribution in [2.45, 2.75) is 161 Å². The Labute approximate surface area is 250 Å². The molecule has 0 saturated carbocycles. The molecule has 0 rings (SSSR count). The fraction of sp³-hybridized carbons (Fsp3) is 0.935. The number of nitrogens with one attached hydrogen (secondary N) is 1. The number of amides is 1. The fourth-order valence-corrected chi connectivity index (χ4v) is 5.25. The van der Waals surface area contributed by atoms with Crippen LogP contribution in [-0.2, 0) is 27.9 Å². The van der Waals surface area contributed by atoms with Crippen LogP contribution in [0.25, 0.3) is 0 Å². The van der Waals surface area contributed by atoms with Crippen molar-refractivity contribution < 1.29 is 37.9 Å². The van der Waals surface area contributed by atoms with Gasteiger partial charge in [0.05, 0.1) is 13.2 Å². The van der Waals surface area contributed by atoms with Gasteiger partial charge < -0.3 is 20.1 Å². The molecule has 0 aliphatic heterocycles. The van der Waals surface area contributed by atoms with Gasteiger partial charge in [0.1, 0.15) is 12.7 Å². The van der Waals surface area contributed by atoms with Crippen LogP contribution >= 0.6 is 7.82 Å². The van der Waals surface area contributed by atoms with Crippen LogP contribution in [0.5, 0.6) is 0 Å². The topological polar surface area (TPSA) is 131 Å². The maximum absolute atomic E-state index is 12.0. The first-order chi connectivity index (χ1) is 19.8. The van der Waals surface area contributed by atoms with E-state index in [9.17, 15) is 24.2 Å². The van der Waals surface area contributed by atoms with Crippen molar-refractivity contribution in [3.8, 4) is 0 Å². The van der Waals surface area contributed by atoms with Crippen LogP contribution in [0.15, 0.2) is 0 Å². The third-order valence-electron chi connectivity index (χ3n) is 7.04. The number of phosphoric acid groups is 1. The molecule has 41 heavy (non-hydrogen) atoms. The second-order valence-electron chi connectivity index (χ2n) is 11.1. The monoisotopic (exact) mass is 607 g/mol. The van der Waals surface area contributed by atoms with E-state index < -0.39 is 26.5 Å². The zero-order valence-electron chi connectivity index (χ0n) is 26.3. The summed E-state index contributed by atoms with van der Waals surface area (Å²) in [4.78, 5) is 33.5. The minimum Gasteiger partial charge on any atom is -0.463 e. The second kappa shape index (κ2) is 29.1. The van der Waals surface area contributed by atoms with Crippen molar-refractivity contribution >= 4 is 19.7 Å². The SMILES string of the molecule is CCCCCCCCCCCCCC(=O)NCCOP(=O)(O)OCC(O)COC(=O)CCCCCCCCCCC. The number of esters is 1. The number of carbonyl (C=O) groups excluding carboxylic acids is 2. The van der Waals surface area contributed by atoms with E-state index in [1.807, 2.05) is 0 Å². The minimum atomic E-state index is -4.39. The number of ether oxygens (including phenoxy) is 1. The molecule has 0 heterocycles. The number of aliphatic hydroxyl groups is 1. The number of rotatable bonds is 31. The van der Waals surface area contributed by atoms with E-state index in [-0.39, 0.29) is 32.1 Å². The largest absolute Gasteiger partial charge is 0.472 e. The summed E-state index contributed by atoms with van der Waals surface area (Å²) in [6.45, 7) is 3.51. The Morgan fingerprint density at radius 2 is 1.10 bits per heavy atom. The number of carbonyl (C=O) groups is 2. The number of hydrogen-bond donors (Lipinski definition) is 3. The smallest absolute Gasteiger partial charge is 0.463 e. The summed E-state index contributed by atoms with van der Waals surface area (Å²) in [6, 6.07) is 0. The molecule has 2 unspecified atom stereocenters. The van der Waals surface area contributed by atoms with Crippen molar-refractivity contribution in [2.24, 2.45) is 0 Å². The molecule has 0 aliphatic rings. The van der Waals surface area contributed by atoms with Crippen LogP contribution in [-0.4, -0.2) is 54.3 Å². The van der Waals surface area contributed by atoms with E-state index in [2.05, 4.69) is 19.2 Å².